The molecule has 0 bridgehead atoms. The Kier molecular flexibility index (Phi) is 3.43. The average Bonchev–Trinajstić information content (AvgIpc) is 2.27. The maximum atomic E-state index is 12.1. The molecule has 1 aliphatic heterocycles. The molecule has 17 heavy (non-hydrogen) atoms. The number of pyridine rings is 1. The number of carbonyl (C=O) groups excluding carboxylic acids is 1. The van der Waals surface area contributed by atoms with Crippen molar-refractivity contribution in [3.8, 4) is 0 Å². The second kappa shape index (κ2) is 4.84. The number of likely N-dealkylation sites (tertiary alicyclic amines) is 1. The highest BCUT2D eigenvalue weighted by Gasteiger charge is 2.30. The van der Waals surface area contributed by atoms with Gasteiger partial charge in [-0.1, -0.05) is 13.8 Å². The minimum absolute atomic E-state index is 0.0894. The van der Waals surface area contributed by atoms with Crippen LogP contribution in [0.15, 0.2) is 18.5 Å². The minimum Gasteiger partial charge on any atom is -0.335 e. The number of hydrogen-bond acceptors (Lipinski definition) is 3. The van der Waals surface area contributed by atoms with Crippen molar-refractivity contribution in [2.24, 2.45) is 0 Å². The maximum Gasteiger partial charge on any atom is 0.255 e. The molecule has 0 radical (unpaired) electrons. The molecule has 1 aromatic heterocycles. The zero-order chi connectivity index (χ0) is 12.4. The molecule has 1 fully saturated rings. The van der Waals surface area contributed by atoms with Gasteiger partial charge in [0, 0.05) is 31.5 Å². The Morgan fingerprint density at radius 3 is 2.76 bits per heavy atom. The van der Waals surface area contributed by atoms with Gasteiger partial charge in [0.2, 0.25) is 0 Å². The van der Waals surface area contributed by atoms with E-state index in [-0.39, 0.29) is 5.91 Å². The first-order chi connectivity index (χ1) is 8.11. The number of nitrogens with zero attached hydrogens (tertiary/aromatic N) is 2. The molecule has 1 aliphatic rings. The molecule has 92 valence electrons. The van der Waals surface area contributed by atoms with Gasteiger partial charge >= 0.3 is 0 Å². The molecule has 1 saturated heterocycles. The van der Waals surface area contributed by atoms with E-state index >= 15 is 0 Å². The number of amides is 1. The van der Waals surface area contributed by atoms with Gasteiger partial charge in [-0.2, -0.15) is 0 Å². The quantitative estimate of drug-likeness (QED) is 0.854. The normalized spacial score (nSPS) is 16.1. The van der Waals surface area contributed by atoms with Crippen LogP contribution in [0.25, 0.3) is 0 Å². The Labute approximate surface area is 102 Å². The van der Waals surface area contributed by atoms with Crippen molar-refractivity contribution in [2.45, 2.75) is 25.8 Å². The number of likely N-dealkylation sites (N-methyl/N-ethyl adjacent to an activating group) is 1. The summed E-state index contributed by atoms with van der Waals surface area (Å²) in [6, 6.07) is 2.40. The van der Waals surface area contributed by atoms with Crippen LogP contribution in [-0.4, -0.2) is 42.0 Å². The molecule has 1 aromatic rings. The lowest BCUT2D eigenvalue weighted by molar-refractivity contribution is 0.0576. The van der Waals surface area contributed by atoms with Crippen molar-refractivity contribution < 1.29 is 4.79 Å². The molecule has 0 aliphatic carbocycles. The summed E-state index contributed by atoms with van der Waals surface area (Å²) in [6.45, 7) is 5.79. The topological polar surface area (TPSA) is 45.2 Å². The fourth-order valence-electron chi connectivity index (χ4n) is 1.90. The Bertz CT molecular complexity index is 411. The molecule has 0 aromatic carbocycles. The van der Waals surface area contributed by atoms with Gasteiger partial charge in [0.25, 0.3) is 5.91 Å². The summed E-state index contributed by atoms with van der Waals surface area (Å²) < 4.78 is 0. The van der Waals surface area contributed by atoms with Gasteiger partial charge in [-0.25, -0.2) is 0 Å². The Balaban J connectivity index is 2.07. The van der Waals surface area contributed by atoms with Crippen molar-refractivity contribution in [3.63, 3.8) is 0 Å². The van der Waals surface area contributed by atoms with E-state index in [1.807, 2.05) is 24.2 Å². The lowest BCUT2D eigenvalue weighted by Gasteiger charge is -2.39. The van der Waals surface area contributed by atoms with E-state index < -0.39 is 0 Å². The fraction of sp³-hybridized carbons (Fsp3) is 0.538. The van der Waals surface area contributed by atoms with Crippen molar-refractivity contribution in [3.05, 3.63) is 29.6 Å². The predicted molar refractivity (Wildman–Crippen MR) is 67.1 cm³/mol. The van der Waals surface area contributed by atoms with E-state index in [9.17, 15) is 4.79 Å². The number of carbonyl (C=O) groups is 1. The van der Waals surface area contributed by atoms with Gasteiger partial charge in [-0.3, -0.25) is 9.78 Å². The van der Waals surface area contributed by atoms with Crippen molar-refractivity contribution in [2.75, 3.05) is 20.1 Å². The molecular formula is C13H19N3O. The molecule has 0 saturated carbocycles. The summed E-state index contributed by atoms with van der Waals surface area (Å²) in [4.78, 5) is 18.1. The van der Waals surface area contributed by atoms with Crippen LogP contribution >= 0.6 is 0 Å². The molecule has 2 heterocycles. The van der Waals surface area contributed by atoms with Gasteiger partial charge in [0.15, 0.2) is 0 Å². The van der Waals surface area contributed by atoms with E-state index in [1.165, 1.54) is 0 Å². The molecule has 0 unspecified atom stereocenters. The van der Waals surface area contributed by atoms with Crippen LogP contribution in [-0.2, 0) is 0 Å². The van der Waals surface area contributed by atoms with E-state index in [0.29, 0.717) is 17.5 Å². The second-order valence-electron chi connectivity index (χ2n) is 4.86. The Hall–Kier alpha value is -1.42. The zero-order valence-corrected chi connectivity index (χ0v) is 10.6. The van der Waals surface area contributed by atoms with Gasteiger partial charge < -0.3 is 10.2 Å². The summed E-state index contributed by atoms with van der Waals surface area (Å²) in [5.41, 5.74) is 1.81. The third-order valence-corrected chi connectivity index (χ3v) is 3.25. The van der Waals surface area contributed by atoms with Crippen molar-refractivity contribution in [1.29, 1.82) is 0 Å². The monoisotopic (exact) mass is 233 g/mol. The van der Waals surface area contributed by atoms with Gasteiger partial charge in [0.05, 0.1) is 5.56 Å². The Morgan fingerprint density at radius 2 is 2.18 bits per heavy atom. The standard InChI is InChI=1S/C13H19N3O/c1-9(2)10-4-11(6-15-5-10)13(17)16-7-12(8-16)14-3/h4-6,9,12,14H,7-8H2,1-3H3. The molecule has 4 heteroatoms. The second-order valence-corrected chi connectivity index (χ2v) is 4.86. The molecule has 2 rings (SSSR count). The molecule has 4 nitrogen and oxygen atoms in total. The highest BCUT2D eigenvalue weighted by Crippen LogP contribution is 2.17. The Morgan fingerprint density at radius 1 is 1.47 bits per heavy atom. The molecule has 1 N–H and O–H groups in total. The van der Waals surface area contributed by atoms with Crippen LogP contribution < -0.4 is 5.32 Å². The highest BCUT2D eigenvalue weighted by molar-refractivity contribution is 5.94. The smallest absolute Gasteiger partial charge is 0.255 e. The van der Waals surface area contributed by atoms with Crippen molar-refractivity contribution >= 4 is 5.91 Å². The summed E-state index contributed by atoms with van der Waals surface area (Å²) >= 11 is 0. The first-order valence-corrected chi connectivity index (χ1v) is 6.03. The number of rotatable bonds is 3. The van der Waals surface area contributed by atoms with E-state index in [4.69, 9.17) is 0 Å². The third-order valence-electron chi connectivity index (χ3n) is 3.25. The summed E-state index contributed by atoms with van der Waals surface area (Å²) in [7, 11) is 1.92. The summed E-state index contributed by atoms with van der Waals surface area (Å²) in [6.07, 6.45) is 3.48. The molecule has 0 atom stereocenters. The lowest BCUT2D eigenvalue weighted by Crippen LogP contribution is -2.58. The highest BCUT2D eigenvalue weighted by atomic mass is 16.2. The van der Waals surface area contributed by atoms with Gasteiger partial charge in [-0.15, -0.1) is 0 Å². The van der Waals surface area contributed by atoms with Crippen LogP contribution in [0.1, 0.15) is 35.7 Å². The molecule has 1 amide bonds. The van der Waals surface area contributed by atoms with E-state index in [0.717, 1.165) is 18.7 Å². The van der Waals surface area contributed by atoms with E-state index in [1.54, 1.807) is 6.20 Å². The van der Waals surface area contributed by atoms with Crippen LogP contribution in [0.5, 0.6) is 0 Å². The number of nitrogens with one attached hydrogen (secondary N) is 1. The number of hydrogen-bond donors (Lipinski definition) is 1. The van der Waals surface area contributed by atoms with Gasteiger partial charge in [0.1, 0.15) is 0 Å². The van der Waals surface area contributed by atoms with Crippen molar-refractivity contribution in [1.82, 2.24) is 15.2 Å². The van der Waals surface area contributed by atoms with Gasteiger partial charge in [-0.05, 0) is 24.6 Å². The molecule has 0 spiro atoms. The zero-order valence-electron chi connectivity index (χ0n) is 10.6. The largest absolute Gasteiger partial charge is 0.335 e. The predicted octanol–water partition coefficient (Wildman–Crippen LogP) is 1.25. The van der Waals surface area contributed by atoms with Crippen LogP contribution in [0, 0.1) is 0 Å². The van der Waals surface area contributed by atoms with Crippen LogP contribution in [0.3, 0.4) is 0 Å². The van der Waals surface area contributed by atoms with Crippen LogP contribution in [0.2, 0.25) is 0 Å². The first-order valence-electron chi connectivity index (χ1n) is 6.03. The fourth-order valence-corrected chi connectivity index (χ4v) is 1.90. The lowest BCUT2D eigenvalue weighted by atomic mass is 10.0. The summed E-state index contributed by atoms with van der Waals surface area (Å²) in [5.74, 6) is 0.489. The first kappa shape index (κ1) is 12.0. The SMILES string of the molecule is CNC1CN(C(=O)c2cncc(C(C)C)c2)C1. The molecular weight excluding hydrogens is 214 g/mol. The van der Waals surface area contributed by atoms with Crippen LogP contribution in [0.4, 0.5) is 0 Å². The van der Waals surface area contributed by atoms with E-state index in [2.05, 4.69) is 24.1 Å². The summed E-state index contributed by atoms with van der Waals surface area (Å²) in [5, 5.41) is 3.16. The minimum atomic E-state index is 0.0894. The number of aromatic nitrogens is 1. The average molecular weight is 233 g/mol. The third kappa shape index (κ3) is 2.47. The maximum absolute atomic E-state index is 12.1.